The Balaban J connectivity index is 0.00000117. The second-order valence-corrected chi connectivity index (χ2v) is 8.24. The number of anilines is 1. The van der Waals surface area contributed by atoms with Crippen LogP contribution < -0.4 is 4.31 Å². The second-order valence-electron chi connectivity index (χ2n) is 6.65. The van der Waals surface area contributed by atoms with Gasteiger partial charge < -0.3 is 4.31 Å². The van der Waals surface area contributed by atoms with Crippen LogP contribution in [0.25, 0.3) is 0 Å². The Hall–Kier alpha value is -1.37. The van der Waals surface area contributed by atoms with E-state index in [1.54, 1.807) is 0 Å². The number of nitrogens with zero attached hydrogens (tertiary/aromatic N) is 2. The number of allylic oxidation sites excluding steroid dienone is 4. The highest BCUT2D eigenvalue weighted by molar-refractivity contribution is 8.04. The molecule has 0 heterocycles. The van der Waals surface area contributed by atoms with Crippen LogP contribution >= 0.6 is 23.5 Å². The quantitative estimate of drug-likeness (QED) is 0.502. The summed E-state index contributed by atoms with van der Waals surface area (Å²) in [5, 5.41) is 9.99. The van der Waals surface area contributed by atoms with Gasteiger partial charge in [0.2, 0.25) is 0 Å². The first-order chi connectivity index (χ1) is 12.7. The minimum absolute atomic E-state index is 0.541. The molecule has 1 fully saturated rings. The fourth-order valence-electron chi connectivity index (χ4n) is 3.43. The van der Waals surface area contributed by atoms with Crippen molar-refractivity contribution in [1.29, 1.82) is 5.26 Å². The van der Waals surface area contributed by atoms with E-state index < -0.39 is 0 Å². The molecule has 26 heavy (non-hydrogen) atoms. The van der Waals surface area contributed by atoms with E-state index in [0.717, 1.165) is 17.9 Å². The van der Waals surface area contributed by atoms with E-state index >= 15 is 0 Å². The molecule has 2 aliphatic carbocycles. The largest absolute Gasteiger partial charge is 0.309 e. The molecular weight excluding hydrogens is 360 g/mol. The molecule has 0 N–H and O–H groups in total. The van der Waals surface area contributed by atoms with Crippen molar-refractivity contribution >= 4 is 29.2 Å². The van der Waals surface area contributed by atoms with Gasteiger partial charge in [-0.15, -0.1) is 0 Å². The number of hydrogen-bond acceptors (Lipinski definition) is 3. The molecule has 0 aromatic heterocycles. The summed E-state index contributed by atoms with van der Waals surface area (Å²) in [5.74, 6) is 0.685. The van der Waals surface area contributed by atoms with Crippen LogP contribution in [0.5, 0.6) is 0 Å². The van der Waals surface area contributed by atoms with Crippen LogP contribution in [0.15, 0.2) is 46.4 Å². The van der Waals surface area contributed by atoms with Crippen molar-refractivity contribution in [3.63, 3.8) is 0 Å². The minimum atomic E-state index is 0.541. The maximum Gasteiger partial charge on any atom is 0.0991 e. The van der Waals surface area contributed by atoms with E-state index in [-0.39, 0.29) is 0 Å². The van der Waals surface area contributed by atoms with Crippen LogP contribution in [0.4, 0.5) is 5.69 Å². The normalized spacial score (nSPS) is 22.3. The summed E-state index contributed by atoms with van der Waals surface area (Å²) >= 11 is 7.96. The average Bonchev–Trinajstić information content (AvgIpc) is 2.70. The van der Waals surface area contributed by atoms with E-state index in [1.165, 1.54) is 36.3 Å². The average molecular weight is 389 g/mol. The summed E-state index contributed by atoms with van der Waals surface area (Å²) in [6.45, 7) is 6.37. The van der Waals surface area contributed by atoms with Gasteiger partial charge in [0.15, 0.2) is 0 Å². The first-order valence-electron chi connectivity index (χ1n) is 9.70. The Morgan fingerprint density at radius 3 is 2.35 bits per heavy atom. The maximum atomic E-state index is 9.05. The Bertz CT molecular complexity index is 672. The van der Waals surface area contributed by atoms with Crippen molar-refractivity contribution in [2.24, 2.45) is 5.92 Å². The molecule has 2 nitrogen and oxygen atoms in total. The van der Waals surface area contributed by atoms with Crippen LogP contribution in [0.3, 0.4) is 0 Å². The van der Waals surface area contributed by atoms with Gasteiger partial charge >= 0.3 is 0 Å². The highest BCUT2D eigenvalue weighted by atomic mass is 35.5. The van der Waals surface area contributed by atoms with Crippen LogP contribution in [0.2, 0.25) is 0 Å². The summed E-state index contributed by atoms with van der Waals surface area (Å²) in [7, 11) is 0. The fourth-order valence-corrected chi connectivity index (χ4v) is 4.84. The number of hydrogen-bond donors (Lipinski definition) is 0. The molecule has 2 atom stereocenters. The molecule has 2 aliphatic rings. The summed E-state index contributed by atoms with van der Waals surface area (Å²) in [4.78, 5) is 1.36. The van der Waals surface area contributed by atoms with Gasteiger partial charge in [0.25, 0.3) is 0 Å². The highest BCUT2D eigenvalue weighted by Crippen LogP contribution is 2.40. The maximum absolute atomic E-state index is 9.05. The Kier molecular flexibility index (Phi) is 8.62. The van der Waals surface area contributed by atoms with Crippen molar-refractivity contribution in [3.8, 4) is 6.07 Å². The molecule has 1 aromatic carbocycles. The van der Waals surface area contributed by atoms with E-state index in [0.29, 0.717) is 17.5 Å². The van der Waals surface area contributed by atoms with Crippen molar-refractivity contribution in [1.82, 2.24) is 0 Å². The van der Waals surface area contributed by atoms with Gasteiger partial charge in [0.05, 0.1) is 11.6 Å². The Labute approximate surface area is 168 Å². The molecule has 0 amide bonds. The second kappa shape index (κ2) is 10.7. The molecular formula is C22H29ClN2S. The van der Waals surface area contributed by atoms with Gasteiger partial charge in [0.1, 0.15) is 0 Å². The molecule has 1 aromatic rings. The van der Waals surface area contributed by atoms with Crippen LogP contribution in [0.1, 0.15) is 64.9 Å². The van der Waals surface area contributed by atoms with Gasteiger partial charge in [-0.3, -0.25) is 0 Å². The number of nitriles is 1. The van der Waals surface area contributed by atoms with E-state index in [2.05, 4.69) is 35.5 Å². The summed E-state index contributed by atoms with van der Waals surface area (Å²) in [6, 6.07) is 10.8. The van der Waals surface area contributed by atoms with Crippen molar-refractivity contribution in [2.75, 3.05) is 4.31 Å². The zero-order chi connectivity index (χ0) is 18.9. The molecule has 140 valence electrons. The molecule has 4 heteroatoms. The molecule has 0 bridgehead atoms. The first kappa shape index (κ1) is 20.9. The monoisotopic (exact) mass is 388 g/mol. The van der Waals surface area contributed by atoms with E-state index in [9.17, 15) is 0 Å². The molecule has 0 aliphatic heterocycles. The summed E-state index contributed by atoms with van der Waals surface area (Å²) in [6.07, 6.45) is 11.3. The molecule has 1 saturated carbocycles. The number of halogens is 1. The Morgan fingerprint density at radius 2 is 1.77 bits per heavy atom. The fraction of sp³-hybridized carbons (Fsp3) is 0.500. The molecule has 3 rings (SSSR count). The van der Waals surface area contributed by atoms with E-state index in [1.807, 2.05) is 44.0 Å². The van der Waals surface area contributed by atoms with Crippen molar-refractivity contribution < 1.29 is 0 Å². The van der Waals surface area contributed by atoms with Gasteiger partial charge in [-0.2, -0.15) is 5.26 Å². The third-order valence-corrected chi connectivity index (χ3v) is 6.46. The van der Waals surface area contributed by atoms with Crippen molar-refractivity contribution in [2.45, 2.75) is 65.3 Å². The Morgan fingerprint density at radius 1 is 1.08 bits per heavy atom. The lowest BCUT2D eigenvalue weighted by Crippen LogP contribution is -2.37. The number of benzene rings is 1. The van der Waals surface area contributed by atoms with Crippen LogP contribution in [0, 0.1) is 17.2 Å². The standard InChI is InChI=1S/C20H23ClN2S.C2H6/c1-15-4-2-3-5-20(15)23(18-10-6-16(14-22)7-11-18)24-19-12-8-17(21)9-13-19;1-2/h6-8,10-12,15,20H,2-5,9,13H2,1H3;1-2H3. The SMILES string of the molecule is CC.CC1CCCCC1N(SC1=CC=C(Cl)CC1)c1ccc(C#N)cc1. The van der Waals surface area contributed by atoms with E-state index in [4.69, 9.17) is 16.9 Å². The summed E-state index contributed by atoms with van der Waals surface area (Å²) in [5.41, 5.74) is 1.91. The zero-order valence-corrected chi connectivity index (χ0v) is 17.6. The van der Waals surface area contributed by atoms with Crippen LogP contribution in [-0.2, 0) is 0 Å². The molecule has 0 saturated heterocycles. The first-order valence-corrected chi connectivity index (χ1v) is 10.8. The topological polar surface area (TPSA) is 27.0 Å². The predicted molar refractivity (Wildman–Crippen MR) is 115 cm³/mol. The lowest BCUT2D eigenvalue weighted by molar-refractivity contribution is 0.336. The van der Waals surface area contributed by atoms with Gasteiger partial charge in [0, 0.05) is 21.7 Å². The van der Waals surface area contributed by atoms with Gasteiger partial charge in [-0.25, -0.2) is 0 Å². The van der Waals surface area contributed by atoms with Gasteiger partial charge in [-0.1, -0.05) is 45.2 Å². The van der Waals surface area contributed by atoms with Crippen LogP contribution in [-0.4, -0.2) is 6.04 Å². The third-order valence-electron chi connectivity index (χ3n) is 4.89. The lowest BCUT2D eigenvalue weighted by atomic mass is 9.86. The molecule has 0 spiro atoms. The predicted octanol–water partition coefficient (Wildman–Crippen LogP) is 7.42. The van der Waals surface area contributed by atoms with Crippen molar-refractivity contribution in [3.05, 3.63) is 51.9 Å². The van der Waals surface area contributed by atoms with Gasteiger partial charge in [-0.05, 0) is 80.0 Å². The molecule has 0 radical (unpaired) electrons. The highest BCUT2D eigenvalue weighted by Gasteiger charge is 2.29. The minimum Gasteiger partial charge on any atom is -0.309 e. The molecule has 2 unspecified atom stereocenters. The number of rotatable bonds is 4. The summed E-state index contributed by atoms with van der Waals surface area (Å²) < 4.78 is 2.48. The zero-order valence-electron chi connectivity index (χ0n) is 16.0. The smallest absolute Gasteiger partial charge is 0.0991 e. The lowest BCUT2D eigenvalue weighted by Gasteiger charge is -2.39. The third kappa shape index (κ3) is 5.56.